The molecule has 1 fully saturated rings. The highest BCUT2D eigenvalue weighted by molar-refractivity contribution is 5.92. The number of fused-ring (bicyclic) bond motifs is 1. The van der Waals surface area contributed by atoms with Gasteiger partial charge in [0.05, 0.1) is 5.92 Å². The number of rotatable bonds is 3. The van der Waals surface area contributed by atoms with Gasteiger partial charge in [-0.1, -0.05) is 37.1 Å². The van der Waals surface area contributed by atoms with Gasteiger partial charge in [0.1, 0.15) is 5.54 Å². The molecule has 19 heavy (non-hydrogen) atoms. The third-order valence-electron chi connectivity index (χ3n) is 4.40. The fourth-order valence-corrected chi connectivity index (χ4v) is 3.19. The lowest BCUT2D eigenvalue weighted by Gasteiger charge is -2.33. The van der Waals surface area contributed by atoms with Gasteiger partial charge in [0.15, 0.2) is 0 Å². The fraction of sp³-hybridized carbons (Fsp3) is 0.467. The van der Waals surface area contributed by atoms with Crippen LogP contribution in [0.4, 0.5) is 0 Å². The van der Waals surface area contributed by atoms with Crippen LogP contribution in [-0.4, -0.2) is 22.5 Å². The van der Waals surface area contributed by atoms with Crippen molar-refractivity contribution >= 4 is 11.9 Å². The molecular formula is C15H17NO3. The number of carbonyl (C=O) groups is 2. The number of amides is 1. The van der Waals surface area contributed by atoms with Crippen LogP contribution in [0.15, 0.2) is 24.3 Å². The Balaban J connectivity index is 1.75. The monoisotopic (exact) mass is 259 g/mol. The average molecular weight is 259 g/mol. The number of hydrogen-bond acceptors (Lipinski definition) is 2. The van der Waals surface area contributed by atoms with Crippen molar-refractivity contribution in [2.45, 2.75) is 43.6 Å². The number of aliphatic carboxylic acids is 1. The molecule has 100 valence electrons. The van der Waals surface area contributed by atoms with E-state index >= 15 is 0 Å². The number of carboxylic acids is 1. The van der Waals surface area contributed by atoms with Crippen LogP contribution in [0.2, 0.25) is 0 Å². The second kappa shape index (κ2) is 4.37. The van der Waals surface area contributed by atoms with Crippen molar-refractivity contribution in [3.05, 3.63) is 35.4 Å². The highest BCUT2D eigenvalue weighted by Gasteiger charge is 2.44. The van der Waals surface area contributed by atoms with E-state index in [4.69, 9.17) is 0 Å². The van der Waals surface area contributed by atoms with Crippen LogP contribution in [0.25, 0.3) is 0 Å². The van der Waals surface area contributed by atoms with Crippen LogP contribution in [0, 0.1) is 0 Å². The van der Waals surface area contributed by atoms with Gasteiger partial charge in [0, 0.05) is 0 Å². The van der Waals surface area contributed by atoms with Crippen molar-refractivity contribution in [1.29, 1.82) is 0 Å². The van der Waals surface area contributed by atoms with Crippen molar-refractivity contribution in [3.8, 4) is 0 Å². The summed E-state index contributed by atoms with van der Waals surface area (Å²) in [6.45, 7) is 0. The van der Waals surface area contributed by atoms with Gasteiger partial charge in [0.25, 0.3) is 0 Å². The van der Waals surface area contributed by atoms with Gasteiger partial charge < -0.3 is 10.4 Å². The number of carboxylic acid groups (broad SMARTS) is 1. The van der Waals surface area contributed by atoms with Gasteiger partial charge in [-0.3, -0.25) is 4.79 Å². The molecule has 2 N–H and O–H groups in total. The summed E-state index contributed by atoms with van der Waals surface area (Å²) in [7, 11) is 0. The molecule has 3 rings (SSSR count). The maximum absolute atomic E-state index is 12.3. The largest absolute Gasteiger partial charge is 0.480 e. The number of carbonyl (C=O) groups excluding carboxylic acids is 1. The molecule has 1 atom stereocenters. The topological polar surface area (TPSA) is 66.4 Å². The lowest BCUT2D eigenvalue weighted by molar-refractivity contribution is -0.147. The Bertz CT molecular complexity index is 532. The summed E-state index contributed by atoms with van der Waals surface area (Å²) in [6, 6.07) is 7.84. The molecule has 0 saturated heterocycles. The molecule has 0 aromatic heterocycles. The van der Waals surface area contributed by atoms with Gasteiger partial charge in [-0.25, -0.2) is 4.79 Å². The first-order chi connectivity index (χ1) is 9.12. The minimum Gasteiger partial charge on any atom is -0.480 e. The first kappa shape index (κ1) is 12.2. The minimum atomic E-state index is -1.03. The molecule has 1 saturated carbocycles. The zero-order valence-corrected chi connectivity index (χ0v) is 10.7. The third kappa shape index (κ3) is 1.91. The van der Waals surface area contributed by atoms with Crippen LogP contribution >= 0.6 is 0 Å². The highest BCUT2D eigenvalue weighted by Crippen LogP contribution is 2.37. The van der Waals surface area contributed by atoms with Crippen molar-refractivity contribution in [1.82, 2.24) is 5.32 Å². The summed E-state index contributed by atoms with van der Waals surface area (Å²) in [5.74, 6) is -1.21. The zero-order chi connectivity index (χ0) is 13.5. The standard InChI is InChI=1S/C15H17NO3/c17-13(12-9-10-5-1-2-6-11(10)12)16-15(14(18)19)7-3-4-8-15/h1-2,5-6,12H,3-4,7-9H2,(H,16,17)(H,18,19). The Labute approximate surface area is 111 Å². The normalized spacial score (nSPS) is 23.3. The molecular weight excluding hydrogens is 242 g/mol. The second-order valence-electron chi connectivity index (χ2n) is 5.54. The zero-order valence-electron chi connectivity index (χ0n) is 10.7. The summed E-state index contributed by atoms with van der Waals surface area (Å²) in [5, 5.41) is 12.2. The molecule has 4 heteroatoms. The average Bonchev–Trinajstić information content (AvgIpc) is 2.80. The van der Waals surface area contributed by atoms with Gasteiger partial charge in [0.2, 0.25) is 5.91 Å². The molecule has 1 amide bonds. The van der Waals surface area contributed by atoms with E-state index in [1.54, 1.807) is 0 Å². The van der Waals surface area contributed by atoms with Crippen molar-refractivity contribution in [3.63, 3.8) is 0 Å². The fourth-order valence-electron chi connectivity index (χ4n) is 3.19. The number of hydrogen-bond donors (Lipinski definition) is 2. The maximum atomic E-state index is 12.3. The van der Waals surface area contributed by atoms with E-state index in [1.807, 2.05) is 24.3 Å². The van der Waals surface area contributed by atoms with E-state index in [2.05, 4.69) is 5.32 Å². The quantitative estimate of drug-likeness (QED) is 0.870. The number of nitrogens with one attached hydrogen (secondary N) is 1. The van der Waals surface area contributed by atoms with Crippen molar-refractivity contribution in [2.75, 3.05) is 0 Å². The van der Waals surface area contributed by atoms with E-state index in [1.165, 1.54) is 5.56 Å². The van der Waals surface area contributed by atoms with Crippen LogP contribution in [0.1, 0.15) is 42.7 Å². The van der Waals surface area contributed by atoms with E-state index in [0.29, 0.717) is 12.8 Å². The second-order valence-corrected chi connectivity index (χ2v) is 5.54. The van der Waals surface area contributed by atoms with Crippen LogP contribution in [0.3, 0.4) is 0 Å². The molecule has 2 aliphatic rings. The molecule has 0 radical (unpaired) electrons. The van der Waals surface area contributed by atoms with Crippen LogP contribution < -0.4 is 5.32 Å². The molecule has 1 aromatic carbocycles. The van der Waals surface area contributed by atoms with E-state index in [-0.39, 0.29) is 11.8 Å². The first-order valence-corrected chi connectivity index (χ1v) is 6.76. The summed E-state index contributed by atoms with van der Waals surface area (Å²) >= 11 is 0. The molecule has 0 aliphatic heterocycles. The smallest absolute Gasteiger partial charge is 0.329 e. The Morgan fingerprint density at radius 1 is 1.21 bits per heavy atom. The summed E-state index contributed by atoms with van der Waals surface area (Å²) in [5.41, 5.74) is 1.21. The predicted molar refractivity (Wildman–Crippen MR) is 69.9 cm³/mol. The first-order valence-electron chi connectivity index (χ1n) is 6.76. The van der Waals surface area contributed by atoms with Gasteiger partial charge in [-0.2, -0.15) is 0 Å². The Morgan fingerprint density at radius 2 is 1.89 bits per heavy atom. The van der Waals surface area contributed by atoms with Gasteiger partial charge in [-0.05, 0) is 30.4 Å². The Morgan fingerprint density at radius 3 is 2.53 bits per heavy atom. The molecule has 1 aromatic rings. The highest BCUT2D eigenvalue weighted by atomic mass is 16.4. The molecule has 0 heterocycles. The van der Waals surface area contributed by atoms with Crippen LogP contribution in [-0.2, 0) is 16.0 Å². The van der Waals surface area contributed by atoms with Crippen LogP contribution in [0.5, 0.6) is 0 Å². The molecule has 0 spiro atoms. The van der Waals surface area contributed by atoms with Gasteiger partial charge >= 0.3 is 5.97 Å². The summed E-state index contributed by atoms with van der Waals surface area (Å²) in [4.78, 5) is 23.7. The molecule has 2 aliphatic carbocycles. The third-order valence-corrected chi connectivity index (χ3v) is 4.40. The summed E-state index contributed by atoms with van der Waals surface area (Å²) < 4.78 is 0. The van der Waals surface area contributed by atoms with E-state index in [0.717, 1.165) is 24.8 Å². The van der Waals surface area contributed by atoms with Crippen molar-refractivity contribution in [2.24, 2.45) is 0 Å². The Hall–Kier alpha value is -1.84. The minimum absolute atomic E-state index is 0.136. The molecule has 0 bridgehead atoms. The lowest BCUT2D eigenvalue weighted by atomic mass is 9.76. The molecule has 1 unspecified atom stereocenters. The van der Waals surface area contributed by atoms with Crippen molar-refractivity contribution < 1.29 is 14.7 Å². The Kier molecular flexibility index (Phi) is 2.81. The summed E-state index contributed by atoms with van der Waals surface area (Å²) in [6.07, 6.45) is 3.55. The predicted octanol–water partition coefficient (Wildman–Crippen LogP) is 1.84. The van der Waals surface area contributed by atoms with Gasteiger partial charge in [-0.15, -0.1) is 0 Å². The lowest BCUT2D eigenvalue weighted by Crippen LogP contribution is -2.54. The van der Waals surface area contributed by atoms with E-state index < -0.39 is 11.5 Å². The number of benzene rings is 1. The maximum Gasteiger partial charge on any atom is 0.329 e. The molecule has 4 nitrogen and oxygen atoms in total. The van der Waals surface area contributed by atoms with E-state index in [9.17, 15) is 14.7 Å². The SMILES string of the molecule is O=C(NC1(C(=O)O)CCCC1)C1Cc2ccccc21.